The molecule has 3 unspecified atom stereocenters. The van der Waals surface area contributed by atoms with Gasteiger partial charge >= 0.3 is 0 Å². The van der Waals surface area contributed by atoms with Crippen LogP contribution in [0.3, 0.4) is 0 Å². The van der Waals surface area contributed by atoms with E-state index in [2.05, 4.69) is 20.8 Å². The maximum atomic E-state index is 9.14. The highest BCUT2D eigenvalue weighted by atomic mass is 32.2. The molecule has 0 aromatic rings. The molecular weight excluding hydrogens is 144 g/mol. The van der Waals surface area contributed by atoms with Crippen molar-refractivity contribution in [3.63, 3.8) is 0 Å². The van der Waals surface area contributed by atoms with Gasteiger partial charge in [-0.25, -0.2) is 0 Å². The minimum atomic E-state index is -0.181. The van der Waals surface area contributed by atoms with E-state index in [0.29, 0.717) is 10.5 Å². The molecule has 1 nitrogen and oxygen atoms in total. The normalized spacial score (nSPS) is 20.1. The van der Waals surface area contributed by atoms with Crippen LogP contribution in [0.15, 0.2) is 0 Å². The Morgan fingerprint density at radius 3 is 2.10 bits per heavy atom. The van der Waals surface area contributed by atoms with E-state index in [1.807, 2.05) is 18.7 Å². The van der Waals surface area contributed by atoms with Crippen molar-refractivity contribution in [3.05, 3.63) is 0 Å². The zero-order chi connectivity index (χ0) is 8.15. The van der Waals surface area contributed by atoms with Crippen molar-refractivity contribution in [1.82, 2.24) is 0 Å². The molecule has 0 spiro atoms. The summed E-state index contributed by atoms with van der Waals surface area (Å²) in [4.78, 5) is 0. The summed E-state index contributed by atoms with van der Waals surface area (Å²) in [6, 6.07) is 0. The molecule has 3 atom stereocenters. The van der Waals surface area contributed by atoms with E-state index in [1.54, 1.807) is 0 Å². The van der Waals surface area contributed by atoms with Gasteiger partial charge in [0.2, 0.25) is 0 Å². The van der Waals surface area contributed by atoms with Gasteiger partial charge in [-0.15, -0.1) is 0 Å². The third-order valence-electron chi connectivity index (χ3n) is 1.70. The van der Waals surface area contributed by atoms with Gasteiger partial charge in [0.25, 0.3) is 0 Å². The van der Waals surface area contributed by atoms with E-state index in [9.17, 15) is 0 Å². The highest BCUT2D eigenvalue weighted by molar-refractivity contribution is 8.00. The maximum Gasteiger partial charge on any atom is 0.0628 e. The molecule has 2 heteroatoms. The molecule has 0 rings (SSSR count). The van der Waals surface area contributed by atoms with Crippen molar-refractivity contribution in [3.8, 4) is 0 Å². The molecule has 0 heterocycles. The largest absolute Gasteiger partial charge is 0.392 e. The van der Waals surface area contributed by atoms with Gasteiger partial charge in [0.15, 0.2) is 0 Å². The first-order chi connectivity index (χ1) is 4.57. The third-order valence-corrected chi connectivity index (χ3v) is 3.32. The van der Waals surface area contributed by atoms with Gasteiger partial charge in [-0.3, -0.25) is 0 Å². The van der Waals surface area contributed by atoms with Crippen LogP contribution in [0, 0.1) is 0 Å². The fourth-order valence-electron chi connectivity index (χ4n) is 0.576. The average molecular weight is 162 g/mol. The predicted octanol–water partition coefficient (Wildman–Crippen LogP) is 2.29. The van der Waals surface area contributed by atoms with Crippen molar-refractivity contribution >= 4 is 11.8 Å². The van der Waals surface area contributed by atoms with Crippen LogP contribution in [0.5, 0.6) is 0 Å². The van der Waals surface area contributed by atoms with Crippen LogP contribution in [0.2, 0.25) is 0 Å². The summed E-state index contributed by atoms with van der Waals surface area (Å²) in [7, 11) is 0. The van der Waals surface area contributed by atoms with Gasteiger partial charge in [-0.1, -0.05) is 20.8 Å². The number of thioether (sulfide) groups is 1. The van der Waals surface area contributed by atoms with E-state index < -0.39 is 0 Å². The number of aliphatic hydroxyl groups excluding tert-OH is 1. The highest BCUT2D eigenvalue weighted by Gasteiger charge is 2.11. The fraction of sp³-hybridized carbons (Fsp3) is 1.00. The van der Waals surface area contributed by atoms with Crippen LogP contribution < -0.4 is 0 Å². The molecule has 0 radical (unpaired) electrons. The Morgan fingerprint density at radius 1 is 1.30 bits per heavy atom. The number of hydrogen-bond acceptors (Lipinski definition) is 2. The van der Waals surface area contributed by atoms with Gasteiger partial charge in [0.05, 0.1) is 6.10 Å². The summed E-state index contributed by atoms with van der Waals surface area (Å²) >= 11 is 1.86. The first kappa shape index (κ1) is 10.3. The molecule has 0 aromatic heterocycles. The van der Waals surface area contributed by atoms with Gasteiger partial charge in [0.1, 0.15) is 0 Å². The summed E-state index contributed by atoms with van der Waals surface area (Å²) in [6.45, 7) is 8.29. The van der Waals surface area contributed by atoms with Crippen LogP contribution in [0.25, 0.3) is 0 Å². The Balaban J connectivity index is 3.46. The van der Waals surface area contributed by atoms with Crippen LogP contribution in [-0.2, 0) is 0 Å². The second-order valence-corrected chi connectivity index (χ2v) is 4.62. The number of hydrogen-bond donors (Lipinski definition) is 1. The predicted molar refractivity (Wildman–Crippen MR) is 48.5 cm³/mol. The molecule has 0 bridgehead atoms. The average Bonchev–Trinajstić information content (AvgIpc) is 1.87. The third kappa shape index (κ3) is 4.18. The Hall–Kier alpha value is 0.310. The molecule has 0 aliphatic rings. The molecule has 0 fully saturated rings. The van der Waals surface area contributed by atoms with E-state index >= 15 is 0 Å². The Labute approximate surface area is 68.2 Å². The molecule has 0 amide bonds. The first-order valence-corrected chi connectivity index (χ1v) is 4.85. The smallest absolute Gasteiger partial charge is 0.0628 e. The van der Waals surface area contributed by atoms with Crippen molar-refractivity contribution in [2.45, 2.75) is 50.7 Å². The lowest BCUT2D eigenvalue weighted by atomic mass is 10.3. The monoisotopic (exact) mass is 162 g/mol. The number of aliphatic hydroxyl groups is 1. The Morgan fingerprint density at radius 2 is 1.80 bits per heavy atom. The second-order valence-electron chi connectivity index (χ2n) is 2.80. The van der Waals surface area contributed by atoms with Crippen molar-refractivity contribution in [1.29, 1.82) is 0 Å². The molecule has 1 N–H and O–H groups in total. The van der Waals surface area contributed by atoms with E-state index in [0.717, 1.165) is 0 Å². The topological polar surface area (TPSA) is 20.2 Å². The summed E-state index contributed by atoms with van der Waals surface area (Å²) in [5, 5.41) is 10.2. The van der Waals surface area contributed by atoms with Crippen LogP contribution >= 0.6 is 11.8 Å². The standard InChI is InChI=1S/C8H18OS/c1-5-6(2)10-8(4)7(3)9/h6-9H,5H2,1-4H3. The van der Waals surface area contributed by atoms with E-state index in [-0.39, 0.29) is 6.10 Å². The lowest BCUT2D eigenvalue weighted by molar-refractivity contribution is 0.196. The molecule has 62 valence electrons. The first-order valence-electron chi connectivity index (χ1n) is 3.91. The molecule has 10 heavy (non-hydrogen) atoms. The van der Waals surface area contributed by atoms with Crippen LogP contribution in [-0.4, -0.2) is 21.7 Å². The van der Waals surface area contributed by atoms with Crippen molar-refractivity contribution < 1.29 is 5.11 Å². The van der Waals surface area contributed by atoms with Crippen LogP contribution in [0.1, 0.15) is 34.1 Å². The molecule has 0 aliphatic carbocycles. The minimum absolute atomic E-state index is 0.181. The summed E-state index contributed by atoms with van der Waals surface area (Å²) in [6.07, 6.45) is 1.00. The molecule has 0 aliphatic heterocycles. The Bertz CT molecular complexity index is 83.3. The maximum absolute atomic E-state index is 9.14. The summed E-state index contributed by atoms with van der Waals surface area (Å²) in [5.41, 5.74) is 0. The zero-order valence-electron chi connectivity index (χ0n) is 7.29. The van der Waals surface area contributed by atoms with Gasteiger partial charge in [-0.05, 0) is 13.3 Å². The summed E-state index contributed by atoms with van der Waals surface area (Å²) < 4.78 is 0. The summed E-state index contributed by atoms with van der Waals surface area (Å²) in [5.74, 6) is 0. The van der Waals surface area contributed by atoms with Gasteiger partial charge < -0.3 is 5.11 Å². The van der Waals surface area contributed by atoms with Crippen molar-refractivity contribution in [2.24, 2.45) is 0 Å². The number of rotatable bonds is 4. The molecule has 0 saturated carbocycles. The fourth-order valence-corrected chi connectivity index (χ4v) is 1.73. The minimum Gasteiger partial charge on any atom is -0.392 e. The van der Waals surface area contributed by atoms with Crippen molar-refractivity contribution in [2.75, 3.05) is 0 Å². The molecular formula is C8H18OS. The van der Waals surface area contributed by atoms with E-state index in [4.69, 9.17) is 5.11 Å². The van der Waals surface area contributed by atoms with Gasteiger partial charge in [0, 0.05) is 10.5 Å². The second kappa shape index (κ2) is 5.03. The SMILES string of the molecule is CCC(C)SC(C)C(C)O. The lowest BCUT2D eigenvalue weighted by Gasteiger charge is -2.17. The van der Waals surface area contributed by atoms with Gasteiger partial charge in [-0.2, -0.15) is 11.8 Å². The van der Waals surface area contributed by atoms with Crippen LogP contribution in [0.4, 0.5) is 0 Å². The quantitative estimate of drug-likeness (QED) is 0.684. The molecule has 0 saturated heterocycles. The van der Waals surface area contributed by atoms with E-state index in [1.165, 1.54) is 6.42 Å². The molecule has 0 aromatic carbocycles. The highest BCUT2D eigenvalue weighted by Crippen LogP contribution is 2.21. The lowest BCUT2D eigenvalue weighted by Crippen LogP contribution is -2.17. The Kier molecular flexibility index (Phi) is 5.18. The zero-order valence-corrected chi connectivity index (χ0v) is 8.11.